The number of hydrogen-bond donors (Lipinski definition) is 1. The van der Waals surface area contributed by atoms with Gasteiger partial charge < -0.3 is 24.0 Å². The van der Waals surface area contributed by atoms with Crippen molar-refractivity contribution in [3.63, 3.8) is 0 Å². The minimum Gasteiger partial charge on any atom is -0.390 e. The molecule has 0 spiro atoms. The Morgan fingerprint density at radius 3 is 2.94 bits per heavy atom. The third kappa shape index (κ3) is 4.80. The Bertz CT molecular complexity index is 194. The van der Waals surface area contributed by atoms with Crippen molar-refractivity contribution in [2.24, 2.45) is 0 Å². The van der Waals surface area contributed by atoms with Gasteiger partial charge in [-0.2, -0.15) is 0 Å². The lowest BCUT2D eigenvalue weighted by atomic mass is 10.1. The summed E-state index contributed by atoms with van der Waals surface area (Å²) >= 11 is 0. The van der Waals surface area contributed by atoms with Gasteiger partial charge in [-0.05, 0) is 20.5 Å². The van der Waals surface area contributed by atoms with Crippen molar-refractivity contribution in [3.8, 4) is 0 Å². The Morgan fingerprint density at radius 1 is 1.56 bits per heavy atom. The minimum atomic E-state index is -0.614. The summed E-state index contributed by atoms with van der Waals surface area (Å²) in [4.78, 5) is 2.03. The van der Waals surface area contributed by atoms with Crippen LogP contribution in [0.5, 0.6) is 0 Å². The largest absolute Gasteiger partial charge is 0.639 e. The number of nitrogens with zero attached hydrogens (tertiary/aromatic N) is 1. The molecular formula is C10H22BNO4. The molecule has 0 aromatic carbocycles. The number of aliphatic hydroxyl groups is 1. The first-order valence-corrected chi connectivity index (χ1v) is 5.85. The summed E-state index contributed by atoms with van der Waals surface area (Å²) in [5.41, 5.74) is 0. The lowest BCUT2D eigenvalue weighted by Crippen LogP contribution is -2.31. The zero-order valence-electron chi connectivity index (χ0n) is 10.4. The number of aliphatic hydroxyl groups excluding tert-OH is 1. The fourth-order valence-corrected chi connectivity index (χ4v) is 1.50. The fourth-order valence-electron chi connectivity index (χ4n) is 1.50. The van der Waals surface area contributed by atoms with Crippen LogP contribution in [0.25, 0.3) is 0 Å². The van der Waals surface area contributed by atoms with E-state index in [4.69, 9.17) is 14.0 Å². The molecule has 1 rings (SSSR count). The van der Waals surface area contributed by atoms with E-state index in [9.17, 15) is 5.11 Å². The van der Waals surface area contributed by atoms with E-state index < -0.39 is 13.4 Å². The average molecular weight is 231 g/mol. The highest BCUT2D eigenvalue weighted by Gasteiger charge is 2.37. The van der Waals surface area contributed by atoms with E-state index in [0.717, 1.165) is 19.4 Å². The summed E-state index contributed by atoms with van der Waals surface area (Å²) in [5, 5.41) is 9.71. The molecule has 0 aromatic heterocycles. The lowest BCUT2D eigenvalue weighted by molar-refractivity contribution is 0.0339. The Balaban J connectivity index is 2.14. The van der Waals surface area contributed by atoms with Crippen molar-refractivity contribution < 1.29 is 19.1 Å². The molecule has 2 atom stereocenters. The van der Waals surface area contributed by atoms with Crippen LogP contribution >= 0.6 is 0 Å². The Hall–Kier alpha value is -0.135. The van der Waals surface area contributed by atoms with Crippen LogP contribution in [-0.2, 0) is 14.0 Å². The first-order valence-electron chi connectivity index (χ1n) is 5.85. The van der Waals surface area contributed by atoms with E-state index in [1.807, 2.05) is 25.9 Å². The van der Waals surface area contributed by atoms with Crippen molar-refractivity contribution in [2.45, 2.75) is 32.0 Å². The SMILES string of the molecule is CCCC(O)C1COB(OCCN(C)C)O1. The maximum absolute atomic E-state index is 9.71. The summed E-state index contributed by atoms with van der Waals surface area (Å²) in [7, 11) is 3.34. The van der Waals surface area contributed by atoms with Gasteiger partial charge in [-0.3, -0.25) is 0 Å². The topological polar surface area (TPSA) is 51.2 Å². The predicted octanol–water partition coefficient (Wildman–Crippen LogP) is 0.126. The second-order valence-corrected chi connectivity index (χ2v) is 4.33. The molecule has 5 nitrogen and oxygen atoms in total. The van der Waals surface area contributed by atoms with Crippen LogP contribution in [0.4, 0.5) is 0 Å². The molecule has 16 heavy (non-hydrogen) atoms. The van der Waals surface area contributed by atoms with E-state index in [1.54, 1.807) is 0 Å². The third-order valence-electron chi connectivity index (χ3n) is 2.49. The van der Waals surface area contributed by atoms with Crippen molar-refractivity contribution in [1.29, 1.82) is 0 Å². The van der Waals surface area contributed by atoms with Gasteiger partial charge >= 0.3 is 7.32 Å². The molecule has 0 amide bonds. The monoisotopic (exact) mass is 231 g/mol. The molecule has 2 unspecified atom stereocenters. The quantitative estimate of drug-likeness (QED) is 0.631. The molecule has 0 radical (unpaired) electrons. The smallest absolute Gasteiger partial charge is 0.390 e. The molecular weight excluding hydrogens is 209 g/mol. The summed E-state index contributed by atoms with van der Waals surface area (Å²) < 4.78 is 16.1. The Labute approximate surface area is 97.8 Å². The second kappa shape index (κ2) is 7.24. The maximum Gasteiger partial charge on any atom is 0.639 e. The molecule has 0 aromatic rings. The van der Waals surface area contributed by atoms with Crippen molar-refractivity contribution in [1.82, 2.24) is 4.90 Å². The number of hydrogen-bond acceptors (Lipinski definition) is 5. The highest BCUT2D eigenvalue weighted by Crippen LogP contribution is 2.15. The number of rotatable bonds is 7. The first kappa shape index (κ1) is 13.9. The predicted molar refractivity (Wildman–Crippen MR) is 62.0 cm³/mol. The highest BCUT2D eigenvalue weighted by atomic mass is 16.8. The molecule has 0 bridgehead atoms. The van der Waals surface area contributed by atoms with Crippen LogP contribution < -0.4 is 0 Å². The van der Waals surface area contributed by atoms with Crippen LogP contribution in [0.1, 0.15) is 19.8 Å². The summed E-state index contributed by atoms with van der Waals surface area (Å²) in [6, 6.07) is 0. The average Bonchev–Trinajstić information content (AvgIpc) is 2.66. The molecule has 94 valence electrons. The van der Waals surface area contributed by atoms with Crippen LogP contribution in [0.3, 0.4) is 0 Å². The van der Waals surface area contributed by atoms with E-state index in [0.29, 0.717) is 13.2 Å². The third-order valence-corrected chi connectivity index (χ3v) is 2.49. The lowest BCUT2D eigenvalue weighted by Gasteiger charge is -2.16. The molecule has 1 heterocycles. The summed E-state index contributed by atoms with van der Waals surface area (Å²) in [6.07, 6.45) is 0.975. The Morgan fingerprint density at radius 2 is 2.31 bits per heavy atom. The fraction of sp³-hybridized carbons (Fsp3) is 1.00. The van der Waals surface area contributed by atoms with Gasteiger partial charge in [0.2, 0.25) is 0 Å². The van der Waals surface area contributed by atoms with Gasteiger partial charge in [-0.1, -0.05) is 13.3 Å². The van der Waals surface area contributed by atoms with Crippen molar-refractivity contribution >= 4 is 7.32 Å². The minimum absolute atomic E-state index is 0.246. The van der Waals surface area contributed by atoms with Crippen molar-refractivity contribution in [3.05, 3.63) is 0 Å². The van der Waals surface area contributed by atoms with Crippen LogP contribution in [0, 0.1) is 0 Å². The van der Waals surface area contributed by atoms with Gasteiger partial charge in [0, 0.05) is 13.2 Å². The van der Waals surface area contributed by atoms with Crippen LogP contribution in [0.15, 0.2) is 0 Å². The number of likely N-dealkylation sites (N-methyl/N-ethyl adjacent to an activating group) is 1. The van der Waals surface area contributed by atoms with Crippen molar-refractivity contribution in [2.75, 3.05) is 33.9 Å². The molecule has 1 N–H and O–H groups in total. The van der Waals surface area contributed by atoms with E-state index in [-0.39, 0.29) is 6.10 Å². The van der Waals surface area contributed by atoms with E-state index in [2.05, 4.69) is 0 Å². The first-order chi connectivity index (χ1) is 7.63. The van der Waals surface area contributed by atoms with Gasteiger partial charge in [0.05, 0.1) is 18.8 Å². The molecule has 1 fully saturated rings. The zero-order chi connectivity index (χ0) is 12.0. The summed E-state index contributed by atoms with van der Waals surface area (Å²) in [5.74, 6) is 0. The van der Waals surface area contributed by atoms with Gasteiger partial charge in [0.25, 0.3) is 0 Å². The van der Waals surface area contributed by atoms with Gasteiger partial charge in [0.15, 0.2) is 0 Å². The van der Waals surface area contributed by atoms with E-state index >= 15 is 0 Å². The molecule has 0 aliphatic carbocycles. The molecule has 1 saturated heterocycles. The molecule has 6 heteroatoms. The molecule has 1 aliphatic rings. The van der Waals surface area contributed by atoms with Gasteiger partial charge in [-0.15, -0.1) is 0 Å². The highest BCUT2D eigenvalue weighted by molar-refractivity contribution is 6.37. The van der Waals surface area contributed by atoms with Gasteiger partial charge in [0.1, 0.15) is 0 Å². The van der Waals surface area contributed by atoms with E-state index in [1.165, 1.54) is 0 Å². The molecule has 1 aliphatic heterocycles. The van der Waals surface area contributed by atoms with Crippen LogP contribution in [-0.4, -0.2) is 63.4 Å². The normalized spacial score (nSPS) is 23.1. The van der Waals surface area contributed by atoms with Gasteiger partial charge in [-0.25, -0.2) is 0 Å². The van der Waals surface area contributed by atoms with Crippen LogP contribution in [0.2, 0.25) is 0 Å². The Kier molecular flexibility index (Phi) is 6.30. The maximum atomic E-state index is 9.71. The standard InChI is InChI=1S/C10H22BNO4/c1-4-5-9(13)10-8-15-11(16-10)14-7-6-12(2)3/h9-10,13H,4-8H2,1-3H3. The molecule has 0 saturated carbocycles. The second-order valence-electron chi connectivity index (χ2n) is 4.33. The summed E-state index contributed by atoms with van der Waals surface area (Å²) in [6.45, 7) is 3.83. The zero-order valence-corrected chi connectivity index (χ0v) is 10.4.